The number of para-hydroxylation sites is 1. The average Bonchev–Trinajstić information content (AvgIpc) is 3.17. The van der Waals surface area contributed by atoms with E-state index < -0.39 is 6.10 Å². The van der Waals surface area contributed by atoms with Gasteiger partial charge in [0.2, 0.25) is 0 Å². The monoisotopic (exact) mass is 389 g/mol. The number of aliphatic hydroxyl groups excluding tert-OH is 1. The van der Waals surface area contributed by atoms with Gasteiger partial charge in [0.05, 0.1) is 19.3 Å². The smallest absolute Gasteiger partial charge is 0.276 e. The van der Waals surface area contributed by atoms with Gasteiger partial charge in [0.25, 0.3) is 5.56 Å². The maximum absolute atomic E-state index is 13.0. The van der Waals surface area contributed by atoms with Crippen molar-refractivity contribution in [2.75, 3.05) is 7.11 Å². The van der Waals surface area contributed by atoms with E-state index in [1.54, 1.807) is 42.2 Å². The molecular formula is C23H23N3O3. The molecule has 2 aromatic heterocycles. The Morgan fingerprint density at radius 1 is 1.07 bits per heavy atom. The molecule has 1 N–H and O–H groups in total. The molecule has 6 nitrogen and oxygen atoms in total. The van der Waals surface area contributed by atoms with Crippen LogP contribution < -0.4 is 10.3 Å². The summed E-state index contributed by atoms with van der Waals surface area (Å²) in [7, 11) is 1.56. The van der Waals surface area contributed by atoms with Crippen molar-refractivity contribution in [1.29, 1.82) is 0 Å². The first kappa shape index (κ1) is 19.0. The second kappa shape index (κ2) is 7.56. The zero-order chi connectivity index (χ0) is 20.5. The quantitative estimate of drug-likeness (QED) is 0.567. The Morgan fingerprint density at radius 3 is 2.62 bits per heavy atom. The number of hydrogen-bond acceptors (Lipinski definition) is 4. The first-order valence-electron chi connectivity index (χ1n) is 9.45. The zero-order valence-electron chi connectivity index (χ0n) is 16.7. The highest BCUT2D eigenvalue weighted by molar-refractivity contribution is 5.66. The lowest BCUT2D eigenvalue weighted by Crippen LogP contribution is -2.24. The summed E-state index contributed by atoms with van der Waals surface area (Å²) in [5.74, 6) is 0.593. The minimum atomic E-state index is -0.867. The minimum absolute atomic E-state index is 0.125. The van der Waals surface area contributed by atoms with Gasteiger partial charge in [-0.15, -0.1) is 0 Å². The fraction of sp³-hybridized carbons (Fsp3) is 0.217. The maximum atomic E-state index is 13.0. The van der Waals surface area contributed by atoms with Gasteiger partial charge in [-0.05, 0) is 43.2 Å². The predicted octanol–water partition coefficient (Wildman–Crippen LogP) is 3.52. The second-order valence-electron chi connectivity index (χ2n) is 7.17. The molecular weight excluding hydrogens is 366 g/mol. The summed E-state index contributed by atoms with van der Waals surface area (Å²) in [4.78, 5) is 13.0. The van der Waals surface area contributed by atoms with Crippen LogP contribution in [0.5, 0.6) is 5.75 Å². The lowest BCUT2D eigenvalue weighted by molar-refractivity contribution is 0.151. The number of rotatable bonds is 5. The van der Waals surface area contributed by atoms with Crippen LogP contribution in [0.4, 0.5) is 0 Å². The zero-order valence-corrected chi connectivity index (χ0v) is 16.7. The van der Waals surface area contributed by atoms with Gasteiger partial charge in [-0.3, -0.25) is 4.79 Å². The van der Waals surface area contributed by atoms with Crippen molar-refractivity contribution in [2.24, 2.45) is 0 Å². The first-order valence-corrected chi connectivity index (χ1v) is 9.45. The lowest BCUT2D eigenvalue weighted by Gasteiger charge is -2.16. The Morgan fingerprint density at radius 2 is 1.86 bits per heavy atom. The number of aromatic nitrogens is 3. The van der Waals surface area contributed by atoms with Crippen LogP contribution in [0.25, 0.3) is 16.8 Å². The van der Waals surface area contributed by atoms with Gasteiger partial charge < -0.3 is 14.4 Å². The molecule has 0 aliphatic heterocycles. The molecule has 0 saturated heterocycles. The van der Waals surface area contributed by atoms with E-state index in [1.165, 1.54) is 15.7 Å². The molecule has 0 amide bonds. The number of nitrogens with zero attached hydrogens (tertiary/aromatic N) is 3. The van der Waals surface area contributed by atoms with Crippen molar-refractivity contribution in [3.63, 3.8) is 0 Å². The number of aryl methyl sites for hydroxylation is 2. The Bertz CT molecular complexity index is 1240. The van der Waals surface area contributed by atoms with Gasteiger partial charge in [0.1, 0.15) is 17.4 Å². The van der Waals surface area contributed by atoms with Crippen LogP contribution in [0.2, 0.25) is 0 Å². The van der Waals surface area contributed by atoms with Gasteiger partial charge >= 0.3 is 0 Å². The van der Waals surface area contributed by atoms with E-state index in [9.17, 15) is 9.90 Å². The highest BCUT2D eigenvalue weighted by Gasteiger charge is 2.16. The van der Waals surface area contributed by atoms with Gasteiger partial charge in [-0.2, -0.15) is 5.10 Å². The highest BCUT2D eigenvalue weighted by Crippen LogP contribution is 2.26. The predicted molar refractivity (Wildman–Crippen MR) is 112 cm³/mol. The van der Waals surface area contributed by atoms with Gasteiger partial charge in [0, 0.05) is 23.5 Å². The van der Waals surface area contributed by atoms with E-state index in [2.05, 4.69) is 31.1 Å². The van der Waals surface area contributed by atoms with Crippen LogP contribution in [-0.4, -0.2) is 26.4 Å². The molecule has 148 valence electrons. The molecule has 0 spiro atoms. The summed E-state index contributed by atoms with van der Waals surface area (Å²) in [6, 6.07) is 15.2. The minimum Gasteiger partial charge on any atom is -0.496 e. The lowest BCUT2D eigenvalue weighted by atomic mass is 10.0. The number of methoxy groups -OCH3 is 1. The molecule has 0 unspecified atom stereocenters. The fourth-order valence-corrected chi connectivity index (χ4v) is 3.44. The van der Waals surface area contributed by atoms with Crippen molar-refractivity contribution in [3.8, 4) is 17.0 Å². The number of ether oxygens (including phenoxy) is 1. The van der Waals surface area contributed by atoms with E-state index >= 15 is 0 Å². The standard InChI is InChI=1S/C23H23N3O3/c1-15-8-9-17(12-16(15)2)19-13-20-23(28)25(10-11-26(20)24-19)14-21(27)18-6-4-5-7-22(18)29-3/h4-13,21,27H,14H2,1-3H3/t21-/m0/s1. The first-order chi connectivity index (χ1) is 14.0. The normalized spacial score (nSPS) is 12.3. The Hall–Kier alpha value is -3.38. The van der Waals surface area contributed by atoms with E-state index in [0.717, 1.165) is 11.3 Å². The van der Waals surface area contributed by atoms with E-state index in [-0.39, 0.29) is 12.1 Å². The number of fused-ring (bicyclic) bond motifs is 1. The average molecular weight is 389 g/mol. The van der Waals surface area contributed by atoms with Crippen LogP contribution in [0, 0.1) is 13.8 Å². The van der Waals surface area contributed by atoms with Crippen LogP contribution in [-0.2, 0) is 6.54 Å². The van der Waals surface area contributed by atoms with Crippen molar-refractivity contribution < 1.29 is 9.84 Å². The molecule has 0 radical (unpaired) electrons. The Labute approximate surface area is 168 Å². The largest absolute Gasteiger partial charge is 0.496 e. The van der Waals surface area contributed by atoms with Crippen LogP contribution >= 0.6 is 0 Å². The molecule has 2 heterocycles. The molecule has 0 saturated carbocycles. The number of aliphatic hydroxyl groups is 1. The topological polar surface area (TPSA) is 68.8 Å². The summed E-state index contributed by atoms with van der Waals surface area (Å²) < 4.78 is 8.39. The molecule has 4 rings (SSSR count). The number of benzene rings is 2. The third kappa shape index (κ3) is 3.54. The summed E-state index contributed by atoms with van der Waals surface area (Å²) in [6.45, 7) is 4.25. The maximum Gasteiger partial charge on any atom is 0.276 e. The molecule has 0 aliphatic rings. The van der Waals surface area contributed by atoms with Crippen molar-refractivity contribution in [1.82, 2.24) is 14.2 Å². The molecule has 0 aliphatic carbocycles. The van der Waals surface area contributed by atoms with Crippen LogP contribution in [0.15, 0.2) is 65.7 Å². The van der Waals surface area contributed by atoms with Crippen molar-refractivity contribution >= 4 is 5.52 Å². The third-order valence-corrected chi connectivity index (χ3v) is 5.27. The summed E-state index contributed by atoms with van der Waals surface area (Å²) in [5.41, 5.74) is 5.01. The Balaban J connectivity index is 1.69. The van der Waals surface area contributed by atoms with E-state index in [4.69, 9.17) is 4.74 Å². The summed E-state index contributed by atoms with van der Waals surface area (Å²) >= 11 is 0. The molecule has 6 heteroatoms. The molecule has 0 bridgehead atoms. The van der Waals surface area contributed by atoms with E-state index in [0.29, 0.717) is 16.8 Å². The fourth-order valence-electron chi connectivity index (χ4n) is 3.44. The van der Waals surface area contributed by atoms with Gasteiger partial charge in [-0.25, -0.2) is 4.52 Å². The van der Waals surface area contributed by atoms with Crippen LogP contribution in [0.1, 0.15) is 22.8 Å². The van der Waals surface area contributed by atoms with Crippen molar-refractivity contribution in [3.05, 3.63) is 88.0 Å². The molecule has 0 fully saturated rings. The van der Waals surface area contributed by atoms with Gasteiger partial charge in [0.15, 0.2) is 0 Å². The number of hydrogen-bond donors (Lipinski definition) is 1. The Kier molecular flexibility index (Phi) is 4.94. The highest BCUT2D eigenvalue weighted by atomic mass is 16.5. The summed E-state index contributed by atoms with van der Waals surface area (Å²) in [5, 5.41) is 15.2. The molecule has 2 aromatic carbocycles. The van der Waals surface area contributed by atoms with Crippen molar-refractivity contribution in [2.45, 2.75) is 26.5 Å². The molecule has 29 heavy (non-hydrogen) atoms. The SMILES string of the molecule is COc1ccccc1[C@@H](O)Cn1ccn2nc(-c3ccc(C)c(C)c3)cc2c1=O. The van der Waals surface area contributed by atoms with Crippen LogP contribution in [0.3, 0.4) is 0 Å². The summed E-state index contributed by atoms with van der Waals surface area (Å²) in [6.07, 6.45) is 2.51. The third-order valence-electron chi connectivity index (χ3n) is 5.27. The van der Waals surface area contributed by atoms with Gasteiger partial charge in [-0.1, -0.05) is 30.3 Å². The second-order valence-corrected chi connectivity index (χ2v) is 7.17. The van der Waals surface area contributed by atoms with E-state index in [1.807, 2.05) is 18.2 Å². The molecule has 1 atom stereocenters. The molecule has 4 aromatic rings.